The van der Waals surface area contributed by atoms with Crippen molar-refractivity contribution >= 4 is 40.0 Å². The van der Waals surface area contributed by atoms with E-state index in [1.54, 1.807) is 6.20 Å². The highest BCUT2D eigenvalue weighted by molar-refractivity contribution is 6.30. The summed E-state index contributed by atoms with van der Waals surface area (Å²) in [6.07, 6.45) is 6.53. The number of amides is 1. The van der Waals surface area contributed by atoms with E-state index in [1.165, 1.54) is 6.20 Å². The molecule has 10 heteroatoms. The van der Waals surface area contributed by atoms with E-state index < -0.39 is 11.7 Å². The normalized spacial score (nSPS) is 22.5. The largest absolute Gasteiger partial charge is 0.381 e. The molecule has 8 nitrogen and oxygen atoms in total. The van der Waals surface area contributed by atoms with Crippen LogP contribution in [0.3, 0.4) is 0 Å². The van der Waals surface area contributed by atoms with Crippen molar-refractivity contribution in [3.05, 3.63) is 46.6 Å². The summed E-state index contributed by atoms with van der Waals surface area (Å²) >= 11 is 6.07. The van der Waals surface area contributed by atoms with Crippen molar-refractivity contribution < 1.29 is 9.18 Å². The zero-order valence-electron chi connectivity index (χ0n) is 16.4. The number of carbonyl (C=O) groups is 1. The van der Waals surface area contributed by atoms with Crippen molar-refractivity contribution in [3.63, 3.8) is 0 Å². The molecule has 0 aromatic carbocycles. The van der Waals surface area contributed by atoms with Crippen molar-refractivity contribution in [1.29, 1.82) is 5.26 Å². The van der Waals surface area contributed by atoms with Crippen LogP contribution in [0.1, 0.15) is 41.6 Å². The third kappa shape index (κ3) is 3.24. The molecular weight excluding hydrogens is 421 g/mol. The molecule has 0 spiro atoms. The molecule has 1 amide bonds. The Hall–Kier alpha value is -3.38. The van der Waals surface area contributed by atoms with Gasteiger partial charge in [0.1, 0.15) is 16.9 Å². The third-order valence-electron chi connectivity index (χ3n) is 6.21. The minimum absolute atomic E-state index is 0.0104. The molecule has 5 rings (SSSR count). The maximum absolute atomic E-state index is 14.7. The number of piperidine rings is 1. The number of hydrogen-bond donors (Lipinski definition) is 3. The zero-order chi connectivity index (χ0) is 21.7. The molecule has 0 aliphatic carbocycles. The summed E-state index contributed by atoms with van der Waals surface area (Å²) in [6.45, 7) is 0. The first-order chi connectivity index (χ1) is 15.0. The Balaban J connectivity index is 1.43. The summed E-state index contributed by atoms with van der Waals surface area (Å²) < 4.78 is 14.7. The first kappa shape index (κ1) is 19.6. The smallest absolute Gasteiger partial charge is 0.252 e. The Labute approximate surface area is 182 Å². The lowest BCUT2D eigenvalue weighted by atomic mass is 9.96. The molecule has 3 aromatic heterocycles. The van der Waals surface area contributed by atoms with Gasteiger partial charge in [0.05, 0.1) is 16.8 Å². The highest BCUT2D eigenvalue weighted by Crippen LogP contribution is 2.41. The van der Waals surface area contributed by atoms with E-state index in [0.717, 1.165) is 37.1 Å². The highest BCUT2D eigenvalue weighted by atomic mass is 35.5. The number of pyridine rings is 2. The second-order valence-electron chi connectivity index (χ2n) is 8.00. The Bertz CT molecular complexity index is 1220. The monoisotopic (exact) mass is 439 g/mol. The summed E-state index contributed by atoms with van der Waals surface area (Å²) in [5.74, 6) is -0.884. The molecule has 31 heavy (non-hydrogen) atoms. The Morgan fingerprint density at radius 3 is 2.81 bits per heavy atom. The van der Waals surface area contributed by atoms with Crippen molar-refractivity contribution in [2.24, 2.45) is 5.73 Å². The van der Waals surface area contributed by atoms with E-state index >= 15 is 0 Å². The standard InChI is InChI=1S/C21H19ClFN7O/c22-18-10(8-24)5-16(23)21(29-18)30-12-1-2-13(30)7-11(6-12)28-17-14-3-4-26-20(14)27-9-15(17)19(25)31/h3-5,9,11-13H,1-2,6-7H2,(H2,25,31)(H2,26,27,28)/t11-,12-,13+. The van der Waals surface area contributed by atoms with Gasteiger partial charge >= 0.3 is 0 Å². The number of nitrogens with one attached hydrogen (secondary N) is 2. The molecule has 3 aromatic rings. The zero-order valence-corrected chi connectivity index (χ0v) is 17.2. The Morgan fingerprint density at radius 1 is 1.39 bits per heavy atom. The van der Waals surface area contributed by atoms with Crippen LogP contribution in [0.4, 0.5) is 15.9 Å². The molecule has 5 heterocycles. The van der Waals surface area contributed by atoms with Gasteiger partial charge in [-0.15, -0.1) is 0 Å². The summed E-state index contributed by atoms with van der Waals surface area (Å²) in [5, 5.41) is 13.4. The number of primary amides is 1. The fourth-order valence-electron chi connectivity index (χ4n) is 4.91. The van der Waals surface area contributed by atoms with Crippen LogP contribution in [0.25, 0.3) is 11.0 Å². The second-order valence-corrected chi connectivity index (χ2v) is 8.36. The number of fused-ring (bicyclic) bond motifs is 3. The fourth-order valence-corrected chi connectivity index (χ4v) is 5.09. The van der Waals surface area contributed by atoms with Gasteiger partial charge in [-0.25, -0.2) is 14.4 Å². The number of carbonyl (C=O) groups excluding carboxylic acids is 1. The quantitative estimate of drug-likeness (QED) is 0.535. The predicted molar refractivity (Wildman–Crippen MR) is 114 cm³/mol. The lowest BCUT2D eigenvalue weighted by Gasteiger charge is -2.40. The Morgan fingerprint density at radius 2 is 2.13 bits per heavy atom. The molecule has 2 aliphatic heterocycles. The number of nitrogens with zero attached hydrogens (tertiary/aromatic N) is 4. The summed E-state index contributed by atoms with van der Waals surface area (Å²) in [6, 6.07) is 5.08. The number of nitrogens with two attached hydrogens (primary N) is 1. The summed E-state index contributed by atoms with van der Waals surface area (Å²) in [7, 11) is 0. The molecule has 158 valence electrons. The van der Waals surface area contributed by atoms with Gasteiger partial charge < -0.3 is 20.9 Å². The molecule has 2 aliphatic rings. The molecule has 2 saturated heterocycles. The van der Waals surface area contributed by atoms with Gasteiger partial charge in [0, 0.05) is 35.9 Å². The van der Waals surface area contributed by atoms with Crippen molar-refractivity contribution in [1.82, 2.24) is 15.0 Å². The van der Waals surface area contributed by atoms with Crippen LogP contribution in [-0.2, 0) is 0 Å². The highest BCUT2D eigenvalue weighted by Gasteiger charge is 2.43. The maximum Gasteiger partial charge on any atom is 0.252 e. The first-order valence-electron chi connectivity index (χ1n) is 10.0. The van der Waals surface area contributed by atoms with Gasteiger partial charge in [-0.3, -0.25) is 4.79 Å². The number of anilines is 2. The molecule has 2 bridgehead atoms. The van der Waals surface area contributed by atoms with Crippen molar-refractivity contribution in [3.8, 4) is 6.07 Å². The van der Waals surface area contributed by atoms with Gasteiger partial charge in [0.25, 0.3) is 5.91 Å². The van der Waals surface area contributed by atoms with Crippen molar-refractivity contribution in [2.75, 3.05) is 10.2 Å². The van der Waals surface area contributed by atoms with Crippen LogP contribution in [0.5, 0.6) is 0 Å². The lowest BCUT2D eigenvalue weighted by Crippen LogP contribution is -2.48. The number of hydrogen-bond acceptors (Lipinski definition) is 6. The number of aromatic nitrogens is 3. The third-order valence-corrected chi connectivity index (χ3v) is 6.50. The topological polar surface area (TPSA) is 124 Å². The lowest BCUT2D eigenvalue weighted by molar-refractivity contribution is 0.100. The maximum atomic E-state index is 14.7. The molecule has 2 fully saturated rings. The molecule has 0 unspecified atom stereocenters. The number of aromatic amines is 1. The van der Waals surface area contributed by atoms with Gasteiger partial charge in [0.15, 0.2) is 11.6 Å². The van der Waals surface area contributed by atoms with Crippen molar-refractivity contribution in [2.45, 2.75) is 43.8 Å². The molecule has 0 radical (unpaired) electrons. The van der Waals surface area contributed by atoms with Crippen LogP contribution >= 0.6 is 11.6 Å². The van der Waals surface area contributed by atoms with E-state index in [9.17, 15) is 9.18 Å². The second kappa shape index (κ2) is 7.39. The molecular formula is C21H19ClFN7O. The average molecular weight is 440 g/mol. The predicted octanol–water partition coefficient (Wildman–Crippen LogP) is 3.33. The minimum Gasteiger partial charge on any atom is -0.381 e. The number of nitriles is 1. The van der Waals surface area contributed by atoms with Crippen LogP contribution in [0, 0.1) is 17.1 Å². The number of halogens is 2. The minimum atomic E-state index is -0.544. The van der Waals surface area contributed by atoms with Crippen LogP contribution in [0.15, 0.2) is 24.5 Å². The van der Waals surface area contributed by atoms with E-state index in [2.05, 4.69) is 20.3 Å². The Kier molecular flexibility index (Phi) is 4.67. The summed E-state index contributed by atoms with van der Waals surface area (Å²) in [4.78, 5) is 25.4. The number of H-pyrrole nitrogens is 1. The molecule has 0 saturated carbocycles. The van der Waals surface area contributed by atoms with E-state index in [4.69, 9.17) is 22.6 Å². The van der Waals surface area contributed by atoms with Gasteiger partial charge in [0.2, 0.25) is 0 Å². The molecule has 3 atom stereocenters. The average Bonchev–Trinajstić information content (AvgIpc) is 3.32. The SMILES string of the molecule is N#Cc1cc(F)c(N2[C@@H]3CC[C@H]2C[C@H](Nc2c(C(N)=O)cnc4[nH]ccc24)C3)nc1Cl. The molecule has 4 N–H and O–H groups in total. The van der Waals surface area contributed by atoms with E-state index in [-0.39, 0.29) is 34.7 Å². The van der Waals surface area contributed by atoms with Gasteiger partial charge in [-0.1, -0.05) is 11.6 Å². The van der Waals surface area contributed by atoms with Gasteiger partial charge in [-0.05, 0) is 37.8 Å². The van der Waals surface area contributed by atoms with Crippen LogP contribution < -0.4 is 16.0 Å². The summed E-state index contributed by atoms with van der Waals surface area (Å²) in [5.41, 5.74) is 7.29. The van der Waals surface area contributed by atoms with E-state index in [1.807, 2.05) is 17.0 Å². The number of rotatable bonds is 4. The fraction of sp³-hybridized carbons (Fsp3) is 0.333. The van der Waals surface area contributed by atoms with Crippen LogP contribution in [0.2, 0.25) is 5.15 Å². The van der Waals surface area contributed by atoms with E-state index in [0.29, 0.717) is 16.9 Å². The van der Waals surface area contributed by atoms with Crippen LogP contribution in [-0.4, -0.2) is 39.0 Å². The van der Waals surface area contributed by atoms with Gasteiger partial charge in [-0.2, -0.15) is 5.26 Å². The first-order valence-corrected chi connectivity index (χ1v) is 10.4.